The summed E-state index contributed by atoms with van der Waals surface area (Å²) in [6.45, 7) is 0.470. The number of nitrogens with zero attached hydrogens (tertiary/aromatic N) is 1. The van der Waals surface area contributed by atoms with E-state index in [0.717, 1.165) is 27.6 Å². The number of hydrogen-bond acceptors (Lipinski definition) is 4. The molecule has 0 unspecified atom stereocenters. The Morgan fingerprint density at radius 1 is 0.938 bits per heavy atom. The van der Waals surface area contributed by atoms with E-state index in [4.69, 9.17) is 4.74 Å². The maximum atomic E-state index is 13.0. The summed E-state index contributed by atoms with van der Waals surface area (Å²) in [6, 6.07) is 20.1. The predicted octanol–water partition coefficient (Wildman–Crippen LogP) is 3.72. The number of fused-ring (bicyclic) bond motifs is 1. The van der Waals surface area contributed by atoms with E-state index in [-0.39, 0.29) is 12.5 Å². The van der Waals surface area contributed by atoms with E-state index in [0.29, 0.717) is 13.0 Å². The highest BCUT2D eigenvalue weighted by Gasteiger charge is 2.23. The van der Waals surface area contributed by atoms with Gasteiger partial charge in [0.05, 0.1) is 0 Å². The highest BCUT2D eigenvalue weighted by Crippen LogP contribution is 2.19. The van der Waals surface area contributed by atoms with Crippen LogP contribution in [0.4, 0.5) is 4.79 Å². The molecule has 0 bridgehead atoms. The van der Waals surface area contributed by atoms with Crippen LogP contribution in [0.3, 0.4) is 0 Å². The number of pyridine rings is 1. The summed E-state index contributed by atoms with van der Waals surface area (Å²) >= 11 is 0. The number of ether oxygens (including phenoxy) is 1. The first-order chi connectivity index (χ1) is 15.7. The lowest BCUT2D eigenvalue weighted by Crippen LogP contribution is -2.48. The molecule has 7 heteroatoms. The van der Waals surface area contributed by atoms with Crippen LogP contribution in [0.5, 0.6) is 0 Å². The minimum Gasteiger partial charge on any atom is -0.445 e. The zero-order valence-corrected chi connectivity index (χ0v) is 17.5. The number of amides is 2. The Morgan fingerprint density at radius 2 is 1.69 bits per heavy atom. The Balaban J connectivity index is 1.45. The molecule has 4 aromatic rings. The van der Waals surface area contributed by atoms with Crippen LogP contribution in [0.25, 0.3) is 10.9 Å². The van der Waals surface area contributed by atoms with Gasteiger partial charge >= 0.3 is 6.09 Å². The second-order valence-corrected chi connectivity index (χ2v) is 7.40. The first kappa shape index (κ1) is 21.1. The average molecular weight is 428 g/mol. The molecule has 32 heavy (non-hydrogen) atoms. The zero-order valence-electron chi connectivity index (χ0n) is 17.5. The second kappa shape index (κ2) is 10.3. The highest BCUT2D eigenvalue weighted by atomic mass is 16.5. The van der Waals surface area contributed by atoms with E-state index in [1.54, 1.807) is 12.4 Å². The number of H-pyrrole nitrogens is 1. The quantitative estimate of drug-likeness (QED) is 0.399. The van der Waals surface area contributed by atoms with E-state index in [1.165, 1.54) is 0 Å². The summed E-state index contributed by atoms with van der Waals surface area (Å²) in [5.41, 5.74) is 3.71. The van der Waals surface area contributed by atoms with Crippen molar-refractivity contribution in [2.24, 2.45) is 0 Å². The van der Waals surface area contributed by atoms with Crippen molar-refractivity contribution in [2.45, 2.75) is 25.6 Å². The van der Waals surface area contributed by atoms with Gasteiger partial charge in [-0.25, -0.2) is 4.79 Å². The van der Waals surface area contributed by atoms with E-state index < -0.39 is 12.1 Å². The van der Waals surface area contributed by atoms with Crippen LogP contribution in [-0.2, 0) is 29.1 Å². The molecule has 1 atom stereocenters. The maximum Gasteiger partial charge on any atom is 0.408 e. The fourth-order valence-corrected chi connectivity index (χ4v) is 3.45. The van der Waals surface area contributed by atoms with Crippen LogP contribution in [0, 0.1) is 0 Å². The standard InChI is InChI=1S/C25H24N4O3/c30-24(28-15-18-10-12-26-13-11-18)23(14-20-16-27-22-9-5-4-8-21(20)22)29-25(31)32-17-19-6-2-1-3-7-19/h1-13,16,23,27H,14-15,17H2,(H,28,30)(H,29,31)/t23-/m0/s1. The Labute approximate surface area is 185 Å². The molecule has 0 radical (unpaired) electrons. The number of alkyl carbamates (subject to hydrolysis) is 1. The van der Waals surface area contributed by atoms with Gasteiger partial charge in [0.25, 0.3) is 0 Å². The molecule has 2 amide bonds. The minimum atomic E-state index is -0.792. The first-order valence-corrected chi connectivity index (χ1v) is 10.4. The lowest BCUT2D eigenvalue weighted by molar-refractivity contribution is -0.123. The first-order valence-electron chi connectivity index (χ1n) is 10.4. The number of carbonyl (C=O) groups excluding carboxylic acids is 2. The number of aromatic amines is 1. The molecule has 0 fully saturated rings. The average Bonchev–Trinajstić information content (AvgIpc) is 3.25. The number of para-hydroxylation sites is 1. The monoisotopic (exact) mass is 428 g/mol. The number of carbonyl (C=O) groups is 2. The summed E-state index contributed by atoms with van der Waals surface area (Å²) in [4.78, 5) is 32.6. The Kier molecular flexibility index (Phi) is 6.77. The number of rotatable bonds is 8. The van der Waals surface area contributed by atoms with Crippen molar-refractivity contribution in [1.29, 1.82) is 0 Å². The van der Waals surface area contributed by atoms with Crippen molar-refractivity contribution < 1.29 is 14.3 Å². The molecule has 0 saturated carbocycles. The topological polar surface area (TPSA) is 96.1 Å². The molecular formula is C25H24N4O3. The van der Waals surface area contributed by atoms with E-state index in [2.05, 4.69) is 20.6 Å². The second-order valence-electron chi connectivity index (χ2n) is 7.40. The third kappa shape index (κ3) is 5.51. The summed E-state index contributed by atoms with van der Waals surface area (Å²) < 4.78 is 5.33. The largest absolute Gasteiger partial charge is 0.445 e. The molecule has 0 saturated heterocycles. The van der Waals surface area contributed by atoms with Gasteiger partial charge in [-0.15, -0.1) is 0 Å². The van der Waals surface area contributed by atoms with Gasteiger partial charge in [-0.2, -0.15) is 0 Å². The normalized spacial score (nSPS) is 11.6. The Hall–Kier alpha value is -4.13. The molecule has 0 aliphatic heterocycles. The number of nitrogens with one attached hydrogen (secondary N) is 3. The van der Waals surface area contributed by atoms with E-state index in [1.807, 2.05) is 72.9 Å². The zero-order chi connectivity index (χ0) is 22.2. The van der Waals surface area contributed by atoms with Gasteiger partial charge in [0.15, 0.2) is 0 Å². The van der Waals surface area contributed by atoms with Crippen LogP contribution in [0.1, 0.15) is 16.7 Å². The van der Waals surface area contributed by atoms with Crippen LogP contribution in [-0.4, -0.2) is 28.0 Å². The van der Waals surface area contributed by atoms with Gasteiger partial charge < -0.3 is 20.4 Å². The number of benzene rings is 2. The lowest BCUT2D eigenvalue weighted by atomic mass is 10.0. The molecule has 3 N–H and O–H groups in total. The van der Waals surface area contributed by atoms with Crippen molar-refractivity contribution in [1.82, 2.24) is 20.6 Å². The van der Waals surface area contributed by atoms with Gasteiger partial charge in [-0.1, -0.05) is 48.5 Å². The fourth-order valence-electron chi connectivity index (χ4n) is 3.45. The van der Waals surface area contributed by atoms with E-state index >= 15 is 0 Å². The fraction of sp³-hybridized carbons (Fsp3) is 0.160. The molecular weight excluding hydrogens is 404 g/mol. The maximum absolute atomic E-state index is 13.0. The molecule has 0 spiro atoms. The molecule has 2 heterocycles. The van der Waals surface area contributed by atoms with Crippen molar-refractivity contribution >= 4 is 22.9 Å². The van der Waals surface area contributed by atoms with Gasteiger partial charge in [-0.3, -0.25) is 9.78 Å². The Bertz CT molecular complexity index is 1180. The summed E-state index contributed by atoms with van der Waals surface area (Å²) in [7, 11) is 0. The smallest absolute Gasteiger partial charge is 0.408 e. The lowest BCUT2D eigenvalue weighted by Gasteiger charge is -2.18. The number of aromatic nitrogens is 2. The highest BCUT2D eigenvalue weighted by molar-refractivity contribution is 5.88. The molecule has 0 aliphatic rings. The van der Waals surface area contributed by atoms with Crippen molar-refractivity contribution in [2.75, 3.05) is 0 Å². The Morgan fingerprint density at radius 3 is 2.50 bits per heavy atom. The van der Waals surface area contributed by atoms with E-state index in [9.17, 15) is 9.59 Å². The third-order valence-electron chi connectivity index (χ3n) is 5.14. The summed E-state index contributed by atoms with van der Waals surface area (Å²) in [6.07, 6.45) is 4.89. The van der Waals surface area contributed by atoms with Crippen LogP contribution >= 0.6 is 0 Å². The molecule has 2 aromatic heterocycles. The van der Waals surface area contributed by atoms with Gasteiger partial charge in [-0.05, 0) is 34.9 Å². The van der Waals surface area contributed by atoms with Crippen LogP contribution in [0.15, 0.2) is 85.3 Å². The minimum absolute atomic E-state index is 0.130. The van der Waals surface area contributed by atoms with Crippen molar-refractivity contribution in [3.05, 3.63) is 102 Å². The molecule has 7 nitrogen and oxygen atoms in total. The molecule has 4 rings (SSSR count). The molecule has 2 aromatic carbocycles. The van der Waals surface area contributed by atoms with Crippen molar-refractivity contribution in [3.8, 4) is 0 Å². The number of hydrogen-bond donors (Lipinski definition) is 3. The SMILES string of the molecule is O=C(N[C@@H](Cc1c[nH]c2ccccc12)C(=O)NCc1ccncc1)OCc1ccccc1. The summed E-state index contributed by atoms with van der Waals surface area (Å²) in [5.74, 6) is -0.288. The van der Waals surface area contributed by atoms with Gasteiger partial charge in [0, 0.05) is 42.5 Å². The van der Waals surface area contributed by atoms with Crippen LogP contribution < -0.4 is 10.6 Å². The molecule has 0 aliphatic carbocycles. The summed E-state index contributed by atoms with van der Waals surface area (Å²) in [5, 5.41) is 6.63. The van der Waals surface area contributed by atoms with Gasteiger partial charge in [0.2, 0.25) is 5.91 Å². The van der Waals surface area contributed by atoms with Gasteiger partial charge in [0.1, 0.15) is 12.6 Å². The van der Waals surface area contributed by atoms with Crippen molar-refractivity contribution in [3.63, 3.8) is 0 Å². The van der Waals surface area contributed by atoms with Crippen LogP contribution in [0.2, 0.25) is 0 Å². The predicted molar refractivity (Wildman–Crippen MR) is 122 cm³/mol. The molecule has 162 valence electrons. The third-order valence-corrected chi connectivity index (χ3v) is 5.14.